The van der Waals surface area contributed by atoms with Crippen LogP contribution in [0.15, 0.2) is 60.1 Å². The highest BCUT2D eigenvalue weighted by Gasteiger charge is 2.17. The average molecular weight is 378 g/mol. The number of hydrogen-bond acceptors (Lipinski definition) is 1. The van der Waals surface area contributed by atoms with Crippen LogP contribution >= 0.6 is 11.3 Å². The van der Waals surface area contributed by atoms with Crippen molar-refractivity contribution < 1.29 is 0 Å². The number of nitrogens with zero attached hydrogens (tertiary/aromatic N) is 1. The van der Waals surface area contributed by atoms with Crippen LogP contribution in [0, 0.1) is 0 Å². The van der Waals surface area contributed by atoms with Crippen molar-refractivity contribution in [3.05, 3.63) is 71.2 Å². The lowest BCUT2D eigenvalue weighted by Gasteiger charge is -2.20. The topological polar surface area (TPSA) is 4.93 Å². The Morgan fingerprint density at radius 2 is 1.37 bits per heavy atom. The molecule has 0 saturated heterocycles. The summed E-state index contributed by atoms with van der Waals surface area (Å²) in [6, 6.07) is 17.5. The van der Waals surface area contributed by atoms with Gasteiger partial charge in [0.15, 0.2) is 0 Å². The van der Waals surface area contributed by atoms with Crippen LogP contribution in [0.25, 0.3) is 21.0 Å². The van der Waals surface area contributed by atoms with E-state index >= 15 is 0 Å². The quantitative estimate of drug-likeness (QED) is 0.296. The first-order valence-corrected chi connectivity index (χ1v) is 10.5. The maximum atomic E-state index is 2.27. The first-order valence-electron chi connectivity index (χ1n) is 9.60. The predicted molar refractivity (Wildman–Crippen MR) is 122 cm³/mol. The van der Waals surface area contributed by atoms with Crippen molar-refractivity contribution in [3.63, 3.8) is 0 Å². The van der Waals surface area contributed by atoms with Gasteiger partial charge < -0.3 is 4.57 Å². The Morgan fingerprint density at radius 1 is 0.741 bits per heavy atom. The fourth-order valence-corrected chi connectivity index (χ4v) is 4.66. The van der Waals surface area contributed by atoms with Gasteiger partial charge in [-0.2, -0.15) is 0 Å². The first-order chi connectivity index (χ1) is 12.6. The molecule has 4 rings (SSSR count). The third-order valence-corrected chi connectivity index (χ3v) is 5.99. The number of benzene rings is 2. The zero-order chi connectivity index (χ0) is 19.8. The molecule has 0 bridgehead atoms. The zero-order valence-electron chi connectivity index (χ0n) is 17.6. The minimum absolute atomic E-state index is 0.223. The van der Waals surface area contributed by atoms with E-state index in [1.165, 1.54) is 32.1 Å². The molecule has 0 amide bonds. The Labute approximate surface area is 167 Å². The van der Waals surface area contributed by atoms with Crippen LogP contribution in [0.2, 0.25) is 0 Å². The second-order valence-corrected chi connectivity index (χ2v) is 10.2. The molecule has 2 aromatic heterocycles. The van der Waals surface area contributed by atoms with Crippen LogP contribution < -0.4 is 0 Å². The number of fused-ring (bicyclic) bond motifs is 2. The highest BCUT2D eigenvalue weighted by atomic mass is 32.1. The van der Waals surface area contributed by atoms with E-state index in [4.69, 9.17) is 0 Å². The highest BCUT2D eigenvalue weighted by Crippen LogP contribution is 2.33. The van der Waals surface area contributed by atoms with Crippen LogP contribution in [-0.4, -0.2) is 4.57 Å². The lowest BCUT2D eigenvalue weighted by Crippen LogP contribution is -2.11. The third-order valence-electron chi connectivity index (χ3n) is 5.02. The summed E-state index contributed by atoms with van der Waals surface area (Å²) in [6.45, 7) is 13.6. The maximum Gasteiger partial charge on any atom is 0.0480 e. The minimum atomic E-state index is 0.223. The molecular weight excluding hydrogens is 346 g/mol. The van der Waals surface area contributed by atoms with E-state index in [-0.39, 0.29) is 10.8 Å². The summed E-state index contributed by atoms with van der Waals surface area (Å²) in [5, 5.41) is 4.92. The molecule has 27 heavy (non-hydrogen) atoms. The molecule has 0 aliphatic rings. The van der Waals surface area contributed by atoms with Gasteiger partial charge in [-0.1, -0.05) is 71.9 Å². The zero-order valence-corrected chi connectivity index (χ0v) is 18.4. The molecular formula is C25H31NS. The lowest BCUT2D eigenvalue weighted by atomic mass is 9.85. The summed E-state index contributed by atoms with van der Waals surface area (Å²) >= 11 is 1.84. The van der Waals surface area contributed by atoms with Gasteiger partial charge in [0, 0.05) is 28.8 Å². The van der Waals surface area contributed by atoms with Gasteiger partial charge >= 0.3 is 0 Å². The molecule has 0 saturated carbocycles. The highest BCUT2D eigenvalue weighted by molar-refractivity contribution is 7.17. The second kappa shape index (κ2) is 7.16. The van der Waals surface area contributed by atoms with Gasteiger partial charge in [-0.3, -0.25) is 0 Å². The number of thiophene rings is 1. The summed E-state index contributed by atoms with van der Waals surface area (Å²) in [7, 11) is 2.09. The van der Waals surface area contributed by atoms with Crippen LogP contribution in [0.4, 0.5) is 0 Å². The first kappa shape index (κ1) is 19.7. The Bertz CT molecular complexity index is 1050. The van der Waals surface area contributed by atoms with Crippen LogP contribution in [-0.2, 0) is 17.9 Å². The van der Waals surface area contributed by atoms with E-state index in [2.05, 4.69) is 113 Å². The van der Waals surface area contributed by atoms with Gasteiger partial charge in [-0.05, 0) is 50.9 Å². The van der Waals surface area contributed by atoms with Crippen LogP contribution in [0.3, 0.4) is 0 Å². The van der Waals surface area contributed by atoms with Gasteiger partial charge in [-0.25, -0.2) is 0 Å². The Morgan fingerprint density at radius 3 is 2.04 bits per heavy atom. The van der Waals surface area contributed by atoms with E-state index in [1.807, 2.05) is 11.3 Å². The monoisotopic (exact) mass is 377 g/mol. The van der Waals surface area contributed by atoms with E-state index in [0.717, 1.165) is 0 Å². The van der Waals surface area contributed by atoms with Gasteiger partial charge in [0.1, 0.15) is 0 Å². The van der Waals surface area contributed by atoms with E-state index < -0.39 is 0 Å². The number of hydrogen-bond donors (Lipinski definition) is 0. The van der Waals surface area contributed by atoms with E-state index in [9.17, 15) is 0 Å². The Hall–Kier alpha value is -2.06. The lowest BCUT2D eigenvalue weighted by molar-refractivity contribution is 0.596. The largest absolute Gasteiger partial charge is 0.351 e. The van der Waals surface area contributed by atoms with Gasteiger partial charge in [0.2, 0.25) is 0 Å². The smallest absolute Gasteiger partial charge is 0.0480 e. The van der Waals surface area contributed by atoms with Crippen LogP contribution in [0.5, 0.6) is 0 Å². The molecule has 0 spiro atoms. The molecule has 0 fully saturated rings. The number of aromatic nitrogens is 1. The third kappa shape index (κ3) is 4.11. The molecule has 2 aromatic carbocycles. The molecule has 2 heterocycles. The fourth-order valence-electron chi connectivity index (χ4n) is 3.54. The summed E-state index contributed by atoms with van der Waals surface area (Å²) in [5.41, 5.74) is 4.68. The summed E-state index contributed by atoms with van der Waals surface area (Å²) in [4.78, 5) is 0. The van der Waals surface area contributed by atoms with Crippen molar-refractivity contribution in [2.75, 3.05) is 0 Å². The van der Waals surface area contributed by atoms with E-state index in [1.54, 1.807) is 0 Å². The standard InChI is InChI=1S/C13H17N.C12H14S/c1-13(2,3)11-6-5-7-12-10(11)8-9-14(12)4;1-12(2,3)10-6-4-5-9-7-8-13-11(9)10/h5-9H,1-4H3;4-8H,1-3H3. The number of aryl methyl sites for hydroxylation is 1. The predicted octanol–water partition coefficient (Wildman–Crippen LogP) is 7.67. The molecule has 0 radical (unpaired) electrons. The molecule has 0 N–H and O–H groups in total. The van der Waals surface area contributed by atoms with Crippen molar-refractivity contribution in [1.29, 1.82) is 0 Å². The fraction of sp³-hybridized carbons (Fsp3) is 0.360. The van der Waals surface area contributed by atoms with Gasteiger partial charge in [0.05, 0.1) is 0 Å². The summed E-state index contributed by atoms with van der Waals surface area (Å²) < 4.78 is 3.61. The molecule has 142 valence electrons. The van der Waals surface area contributed by atoms with Crippen molar-refractivity contribution in [1.82, 2.24) is 4.57 Å². The second-order valence-electron chi connectivity index (χ2n) is 9.31. The number of rotatable bonds is 0. The Kier molecular flexibility index (Phi) is 5.22. The maximum absolute atomic E-state index is 2.27. The SMILES string of the molecule is CC(C)(C)c1cccc2ccsc12.Cn1ccc2c(C(C)(C)C)cccc21. The average Bonchev–Trinajstić information content (AvgIpc) is 3.20. The van der Waals surface area contributed by atoms with Crippen molar-refractivity contribution in [3.8, 4) is 0 Å². The van der Waals surface area contributed by atoms with Crippen molar-refractivity contribution >= 4 is 32.3 Å². The molecule has 4 aromatic rings. The molecule has 2 heteroatoms. The van der Waals surface area contributed by atoms with Crippen molar-refractivity contribution in [2.45, 2.75) is 52.4 Å². The molecule has 1 nitrogen and oxygen atoms in total. The minimum Gasteiger partial charge on any atom is -0.351 e. The normalized spacial score (nSPS) is 12.3. The van der Waals surface area contributed by atoms with Crippen molar-refractivity contribution in [2.24, 2.45) is 7.05 Å². The van der Waals surface area contributed by atoms with E-state index in [0.29, 0.717) is 0 Å². The molecule has 0 unspecified atom stereocenters. The van der Waals surface area contributed by atoms with Gasteiger partial charge in [-0.15, -0.1) is 11.3 Å². The van der Waals surface area contributed by atoms with Crippen LogP contribution in [0.1, 0.15) is 52.7 Å². The molecule has 0 atom stereocenters. The van der Waals surface area contributed by atoms with Gasteiger partial charge in [0.25, 0.3) is 0 Å². The summed E-state index contributed by atoms with van der Waals surface area (Å²) in [6.07, 6.45) is 2.12. The molecule has 0 aliphatic carbocycles. The molecule has 0 aliphatic heterocycles. The Balaban J connectivity index is 0.000000156. The summed E-state index contributed by atoms with van der Waals surface area (Å²) in [5.74, 6) is 0.